The molecule has 1 amide bonds. The molecule has 1 fully saturated rings. The highest BCUT2D eigenvalue weighted by molar-refractivity contribution is 5.95. The molecule has 1 aromatic heterocycles. The molecule has 1 aliphatic heterocycles. The highest BCUT2D eigenvalue weighted by atomic mass is 16.5. The SMILES string of the molecule is COc1cc(C(=O)N(Cc2cccnc2)CC2CCCO2)ccc1OC(C)C. The van der Waals surface area contributed by atoms with Crippen LogP contribution in [0.4, 0.5) is 0 Å². The number of benzene rings is 1. The fourth-order valence-electron chi connectivity index (χ4n) is 3.30. The number of rotatable bonds is 8. The lowest BCUT2D eigenvalue weighted by Gasteiger charge is -2.26. The van der Waals surface area contributed by atoms with Gasteiger partial charge in [-0.2, -0.15) is 0 Å². The van der Waals surface area contributed by atoms with Crippen LogP contribution in [0.15, 0.2) is 42.7 Å². The van der Waals surface area contributed by atoms with Gasteiger partial charge in [0.05, 0.1) is 19.3 Å². The van der Waals surface area contributed by atoms with E-state index in [4.69, 9.17) is 14.2 Å². The van der Waals surface area contributed by atoms with Gasteiger partial charge >= 0.3 is 0 Å². The lowest BCUT2D eigenvalue weighted by Crippen LogP contribution is -2.37. The van der Waals surface area contributed by atoms with Crippen LogP contribution >= 0.6 is 0 Å². The first-order valence-electron chi connectivity index (χ1n) is 9.71. The summed E-state index contributed by atoms with van der Waals surface area (Å²) < 4.78 is 17.0. The molecule has 0 spiro atoms. The maximum atomic E-state index is 13.3. The van der Waals surface area contributed by atoms with Crippen molar-refractivity contribution in [1.82, 2.24) is 9.88 Å². The number of hydrogen-bond donors (Lipinski definition) is 0. The number of nitrogens with zero attached hydrogens (tertiary/aromatic N) is 2. The summed E-state index contributed by atoms with van der Waals surface area (Å²) >= 11 is 0. The summed E-state index contributed by atoms with van der Waals surface area (Å²) in [6.45, 7) is 5.71. The van der Waals surface area contributed by atoms with E-state index in [1.807, 2.05) is 30.9 Å². The summed E-state index contributed by atoms with van der Waals surface area (Å²) in [5.74, 6) is 1.12. The molecule has 1 unspecified atom stereocenters. The number of carbonyl (C=O) groups excluding carboxylic acids is 1. The number of ether oxygens (including phenoxy) is 3. The molecule has 150 valence electrons. The maximum absolute atomic E-state index is 13.3. The van der Waals surface area contributed by atoms with E-state index in [9.17, 15) is 4.79 Å². The van der Waals surface area contributed by atoms with Crippen molar-refractivity contribution in [3.8, 4) is 11.5 Å². The molecule has 0 N–H and O–H groups in total. The largest absolute Gasteiger partial charge is 0.493 e. The van der Waals surface area contributed by atoms with Gasteiger partial charge in [-0.25, -0.2) is 0 Å². The highest BCUT2D eigenvalue weighted by Crippen LogP contribution is 2.30. The molecular weight excluding hydrogens is 356 g/mol. The molecule has 0 aliphatic carbocycles. The smallest absolute Gasteiger partial charge is 0.254 e. The van der Waals surface area contributed by atoms with Gasteiger partial charge in [-0.15, -0.1) is 0 Å². The Labute approximate surface area is 166 Å². The van der Waals surface area contributed by atoms with Gasteiger partial charge in [0.2, 0.25) is 0 Å². The zero-order valence-corrected chi connectivity index (χ0v) is 16.8. The Morgan fingerprint density at radius 1 is 1.32 bits per heavy atom. The third-order valence-corrected chi connectivity index (χ3v) is 4.60. The quantitative estimate of drug-likeness (QED) is 0.695. The summed E-state index contributed by atoms with van der Waals surface area (Å²) in [6.07, 6.45) is 5.63. The molecule has 3 rings (SSSR count). The molecule has 0 saturated carbocycles. The first-order chi connectivity index (χ1) is 13.6. The summed E-state index contributed by atoms with van der Waals surface area (Å²) in [6, 6.07) is 9.18. The van der Waals surface area contributed by atoms with Crippen molar-refractivity contribution < 1.29 is 19.0 Å². The third-order valence-electron chi connectivity index (χ3n) is 4.60. The van der Waals surface area contributed by atoms with Crippen LogP contribution in [0.5, 0.6) is 11.5 Å². The van der Waals surface area contributed by atoms with Crippen LogP contribution in [0, 0.1) is 0 Å². The van der Waals surface area contributed by atoms with Crippen LogP contribution in [-0.4, -0.2) is 48.3 Å². The molecular formula is C22H28N2O4. The number of carbonyl (C=O) groups is 1. The summed E-state index contributed by atoms with van der Waals surface area (Å²) in [4.78, 5) is 19.3. The van der Waals surface area contributed by atoms with Gasteiger partial charge < -0.3 is 19.1 Å². The van der Waals surface area contributed by atoms with Crippen molar-refractivity contribution in [1.29, 1.82) is 0 Å². The molecule has 0 bridgehead atoms. The van der Waals surface area contributed by atoms with Crippen LogP contribution in [0.2, 0.25) is 0 Å². The molecule has 2 aromatic rings. The average Bonchev–Trinajstić information content (AvgIpc) is 3.21. The maximum Gasteiger partial charge on any atom is 0.254 e. The molecule has 1 aromatic carbocycles. The lowest BCUT2D eigenvalue weighted by atomic mass is 10.1. The molecule has 1 aliphatic rings. The summed E-state index contributed by atoms with van der Waals surface area (Å²) in [5, 5.41) is 0. The first kappa shape index (κ1) is 20.1. The Kier molecular flexibility index (Phi) is 6.87. The second kappa shape index (κ2) is 9.55. The van der Waals surface area contributed by atoms with Crippen molar-refractivity contribution in [3.05, 3.63) is 53.9 Å². The molecule has 0 radical (unpaired) electrons. The predicted octanol–water partition coefficient (Wildman–Crippen LogP) is 3.70. The van der Waals surface area contributed by atoms with E-state index in [1.165, 1.54) is 0 Å². The van der Waals surface area contributed by atoms with E-state index in [-0.39, 0.29) is 18.1 Å². The standard InChI is InChI=1S/C22H28N2O4/c1-16(2)28-20-9-8-18(12-21(20)26-3)22(25)24(15-19-7-5-11-27-19)14-17-6-4-10-23-13-17/h4,6,8-10,12-13,16,19H,5,7,11,14-15H2,1-3H3. The zero-order valence-electron chi connectivity index (χ0n) is 16.8. The van der Waals surface area contributed by atoms with Crippen molar-refractivity contribution >= 4 is 5.91 Å². The normalized spacial score (nSPS) is 16.2. The average molecular weight is 384 g/mol. The lowest BCUT2D eigenvalue weighted by molar-refractivity contribution is 0.0507. The van der Waals surface area contributed by atoms with Crippen molar-refractivity contribution in [2.24, 2.45) is 0 Å². The first-order valence-corrected chi connectivity index (χ1v) is 9.71. The van der Waals surface area contributed by atoms with Gasteiger partial charge in [0.15, 0.2) is 11.5 Å². The fraction of sp³-hybridized carbons (Fsp3) is 0.455. The van der Waals surface area contributed by atoms with Gasteiger partial charge in [0.25, 0.3) is 5.91 Å². The minimum absolute atomic E-state index is 0.0250. The number of pyridine rings is 1. The second-order valence-corrected chi connectivity index (χ2v) is 7.21. The third kappa shape index (κ3) is 5.23. The van der Waals surface area contributed by atoms with Gasteiger partial charge in [-0.1, -0.05) is 6.07 Å². The minimum atomic E-state index is -0.0613. The van der Waals surface area contributed by atoms with E-state index in [0.29, 0.717) is 30.2 Å². The van der Waals surface area contributed by atoms with Crippen molar-refractivity contribution in [2.45, 2.75) is 45.4 Å². The van der Waals surface area contributed by atoms with E-state index >= 15 is 0 Å². The second-order valence-electron chi connectivity index (χ2n) is 7.21. The molecule has 28 heavy (non-hydrogen) atoms. The Morgan fingerprint density at radius 2 is 2.18 bits per heavy atom. The molecule has 1 atom stereocenters. The Bertz CT molecular complexity index is 773. The molecule has 2 heterocycles. The number of amides is 1. The van der Waals surface area contributed by atoms with Gasteiger partial charge in [-0.3, -0.25) is 9.78 Å². The monoisotopic (exact) mass is 384 g/mol. The van der Waals surface area contributed by atoms with Crippen molar-refractivity contribution in [2.75, 3.05) is 20.3 Å². The van der Waals surface area contributed by atoms with Gasteiger partial charge in [0.1, 0.15) is 0 Å². The molecule has 6 nitrogen and oxygen atoms in total. The zero-order chi connectivity index (χ0) is 19.9. The minimum Gasteiger partial charge on any atom is -0.493 e. The van der Waals surface area contributed by atoms with Crippen LogP contribution in [-0.2, 0) is 11.3 Å². The number of aromatic nitrogens is 1. The van der Waals surface area contributed by atoms with Crippen LogP contribution in [0.1, 0.15) is 42.6 Å². The number of methoxy groups -OCH3 is 1. The topological polar surface area (TPSA) is 60.9 Å². The Balaban J connectivity index is 1.82. The van der Waals surface area contributed by atoms with Gasteiger partial charge in [0, 0.05) is 37.7 Å². The van der Waals surface area contributed by atoms with E-state index in [0.717, 1.165) is 25.0 Å². The van der Waals surface area contributed by atoms with Crippen LogP contribution < -0.4 is 9.47 Å². The Morgan fingerprint density at radius 3 is 2.82 bits per heavy atom. The van der Waals surface area contributed by atoms with E-state index < -0.39 is 0 Å². The molecule has 1 saturated heterocycles. The van der Waals surface area contributed by atoms with Crippen LogP contribution in [0.25, 0.3) is 0 Å². The summed E-state index contributed by atoms with van der Waals surface area (Å²) in [5.41, 5.74) is 1.55. The van der Waals surface area contributed by atoms with Gasteiger partial charge in [-0.05, 0) is 56.5 Å². The summed E-state index contributed by atoms with van der Waals surface area (Å²) in [7, 11) is 1.58. The van der Waals surface area contributed by atoms with E-state index in [2.05, 4.69) is 4.98 Å². The Hall–Kier alpha value is -2.60. The number of hydrogen-bond acceptors (Lipinski definition) is 5. The highest BCUT2D eigenvalue weighted by Gasteiger charge is 2.24. The fourth-order valence-corrected chi connectivity index (χ4v) is 3.30. The molecule has 6 heteroatoms. The predicted molar refractivity (Wildman–Crippen MR) is 107 cm³/mol. The van der Waals surface area contributed by atoms with E-state index in [1.54, 1.807) is 37.7 Å². The van der Waals surface area contributed by atoms with Crippen LogP contribution in [0.3, 0.4) is 0 Å². The van der Waals surface area contributed by atoms with Crippen molar-refractivity contribution in [3.63, 3.8) is 0 Å².